The molecule has 0 radical (unpaired) electrons. The molecule has 5 heteroatoms. The van der Waals surface area contributed by atoms with Crippen molar-refractivity contribution in [3.05, 3.63) is 71.8 Å². The van der Waals surface area contributed by atoms with E-state index < -0.39 is 0 Å². The van der Waals surface area contributed by atoms with Gasteiger partial charge in [-0.15, -0.1) is 0 Å². The van der Waals surface area contributed by atoms with Crippen molar-refractivity contribution in [2.45, 2.75) is 0 Å². The molecule has 0 aliphatic rings. The molecule has 23 heavy (non-hydrogen) atoms. The molecular weight excluding hydrogens is 312 g/mol. The van der Waals surface area contributed by atoms with Crippen LogP contribution in [0, 0.1) is 0 Å². The maximum absolute atomic E-state index is 9.27. The van der Waals surface area contributed by atoms with Crippen molar-refractivity contribution in [3.63, 3.8) is 0 Å². The van der Waals surface area contributed by atoms with Crippen molar-refractivity contribution >= 4 is 23.0 Å². The highest BCUT2D eigenvalue weighted by atomic mass is 35.5. The molecule has 6 N–H and O–H groups in total. The monoisotopic (exact) mass is 328 g/mol. The van der Waals surface area contributed by atoms with Crippen LogP contribution < -0.4 is 11.5 Å². The van der Waals surface area contributed by atoms with E-state index in [9.17, 15) is 5.11 Å². The van der Waals surface area contributed by atoms with E-state index in [1.54, 1.807) is 18.2 Å². The van der Waals surface area contributed by atoms with Crippen LogP contribution in [0.4, 0.5) is 11.4 Å². The van der Waals surface area contributed by atoms with Crippen LogP contribution in [0.2, 0.25) is 5.02 Å². The molecule has 3 aromatic carbocycles. The summed E-state index contributed by atoms with van der Waals surface area (Å²) in [6.07, 6.45) is 0. The molecule has 0 amide bonds. The van der Waals surface area contributed by atoms with Gasteiger partial charge >= 0.3 is 0 Å². The number of hydrogen-bond acceptors (Lipinski definition) is 4. The molecule has 0 bridgehead atoms. The highest BCUT2D eigenvalue weighted by Crippen LogP contribution is 2.27. The van der Waals surface area contributed by atoms with Crippen LogP contribution in [0.3, 0.4) is 0 Å². The number of aromatic hydroxyl groups is 2. The highest BCUT2D eigenvalue weighted by Gasteiger charge is 2.00. The third-order valence-electron chi connectivity index (χ3n) is 3.12. The molecule has 4 nitrogen and oxygen atoms in total. The summed E-state index contributed by atoms with van der Waals surface area (Å²) in [6.45, 7) is 0. The second-order valence-corrected chi connectivity index (χ2v) is 5.28. The van der Waals surface area contributed by atoms with E-state index in [-0.39, 0.29) is 11.5 Å². The summed E-state index contributed by atoms with van der Waals surface area (Å²) in [5.74, 6) is 0.198. The number of benzene rings is 3. The van der Waals surface area contributed by atoms with Gasteiger partial charge in [0, 0.05) is 5.02 Å². The van der Waals surface area contributed by atoms with Gasteiger partial charge in [0.1, 0.15) is 11.5 Å². The van der Waals surface area contributed by atoms with Crippen molar-refractivity contribution in [2.24, 2.45) is 0 Å². The Morgan fingerprint density at radius 1 is 0.652 bits per heavy atom. The van der Waals surface area contributed by atoms with E-state index >= 15 is 0 Å². The third kappa shape index (κ3) is 4.56. The Bertz CT molecular complexity index is 792. The minimum Gasteiger partial charge on any atom is -0.506 e. The fraction of sp³-hybridized carbons (Fsp3) is 0. The number of hydrogen-bond donors (Lipinski definition) is 4. The Morgan fingerprint density at radius 3 is 1.74 bits per heavy atom. The van der Waals surface area contributed by atoms with Crippen molar-refractivity contribution in [3.8, 4) is 22.6 Å². The van der Waals surface area contributed by atoms with Crippen LogP contribution in [0.15, 0.2) is 66.7 Å². The Balaban J connectivity index is 0.000000185. The summed E-state index contributed by atoms with van der Waals surface area (Å²) < 4.78 is 0. The Kier molecular flexibility index (Phi) is 5.33. The largest absolute Gasteiger partial charge is 0.506 e. The highest BCUT2D eigenvalue weighted by molar-refractivity contribution is 6.30. The molecule has 0 aromatic heterocycles. The molecule has 0 saturated heterocycles. The maximum Gasteiger partial charge on any atom is 0.138 e. The molecule has 0 aliphatic heterocycles. The normalized spacial score (nSPS) is 9.78. The van der Waals surface area contributed by atoms with Gasteiger partial charge in [-0.1, -0.05) is 48.0 Å². The lowest BCUT2D eigenvalue weighted by Gasteiger charge is -2.03. The molecule has 0 unspecified atom stereocenters. The summed E-state index contributed by atoms with van der Waals surface area (Å²) in [5.41, 5.74) is 13.7. The van der Waals surface area contributed by atoms with Gasteiger partial charge in [0.05, 0.1) is 11.4 Å². The van der Waals surface area contributed by atoms with Crippen LogP contribution in [0.5, 0.6) is 11.5 Å². The first-order valence-corrected chi connectivity index (χ1v) is 7.23. The zero-order valence-corrected chi connectivity index (χ0v) is 13.0. The van der Waals surface area contributed by atoms with Gasteiger partial charge in [-0.3, -0.25) is 0 Å². The van der Waals surface area contributed by atoms with Gasteiger partial charge in [-0.25, -0.2) is 0 Å². The van der Waals surface area contributed by atoms with E-state index in [0.717, 1.165) is 11.1 Å². The van der Waals surface area contributed by atoms with Gasteiger partial charge in [0.15, 0.2) is 0 Å². The number of phenols is 2. The van der Waals surface area contributed by atoms with E-state index in [2.05, 4.69) is 0 Å². The number of anilines is 2. The van der Waals surface area contributed by atoms with E-state index in [0.29, 0.717) is 16.4 Å². The molecule has 3 rings (SSSR count). The minimum absolute atomic E-state index is 0.0689. The third-order valence-corrected chi connectivity index (χ3v) is 3.36. The lowest BCUT2D eigenvalue weighted by molar-refractivity contribution is 0.477. The molecule has 118 valence electrons. The van der Waals surface area contributed by atoms with Crippen molar-refractivity contribution in [1.29, 1.82) is 0 Å². The van der Waals surface area contributed by atoms with Crippen LogP contribution in [-0.2, 0) is 0 Å². The fourth-order valence-electron chi connectivity index (χ4n) is 1.89. The predicted octanol–water partition coefficient (Wildman–Crippen LogP) is 4.27. The van der Waals surface area contributed by atoms with Crippen LogP contribution in [0.1, 0.15) is 0 Å². The number of phenolic OH excluding ortho intramolecular Hbond substituents is 2. The summed E-state index contributed by atoms with van der Waals surface area (Å²) in [4.78, 5) is 0. The van der Waals surface area contributed by atoms with Crippen molar-refractivity contribution in [2.75, 3.05) is 11.5 Å². The number of rotatable bonds is 1. The first-order chi connectivity index (χ1) is 11.0. The smallest absolute Gasteiger partial charge is 0.138 e. The molecule has 0 heterocycles. The summed E-state index contributed by atoms with van der Waals surface area (Å²) in [7, 11) is 0. The van der Waals surface area contributed by atoms with Crippen LogP contribution in [-0.4, -0.2) is 10.2 Å². The van der Waals surface area contributed by atoms with Gasteiger partial charge in [-0.05, 0) is 41.5 Å². The number of halogens is 1. The van der Waals surface area contributed by atoms with Gasteiger partial charge in [-0.2, -0.15) is 0 Å². The molecule has 0 fully saturated rings. The molecule has 0 aliphatic carbocycles. The zero-order valence-electron chi connectivity index (χ0n) is 12.3. The summed E-state index contributed by atoms with van der Waals surface area (Å²) >= 11 is 5.53. The lowest BCUT2D eigenvalue weighted by atomic mass is 10.1. The average Bonchev–Trinajstić information content (AvgIpc) is 2.55. The average molecular weight is 329 g/mol. The number of nitrogen functional groups attached to an aromatic ring is 2. The maximum atomic E-state index is 9.27. The van der Waals surface area contributed by atoms with Crippen LogP contribution >= 0.6 is 11.6 Å². The first-order valence-electron chi connectivity index (χ1n) is 6.85. The Hall–Kier alpha value is -2.85. The van der Waals surface area contributed by atoms with Crippen molar-refractivity contribution in [1.82, 2.24) is 0 Å². The standard InChI is InChI=1S/C12H11NO.C6H6ClNO/c13-11-8-10(6-7-12(11)14)9-4-2-1-3-5-9;7-4-1-2-6(9)5(8)3-4/h1-8,14H,13H2;1-3,9H,8H2. The topological polar surface area (TPSA) is 92.5 Å². The molecular formula is C18H17ClN2O2. The zero-order chi connectivity index (χ0) is 16.8. The van der Waals surface area contributed by atoms with E-state index in [1.807, 2.05) is 36.4 Å². The molecule has 3 aromatic rings. The Labute approximate surface area is 139 Å². The number of nitrogens with two attached hydrogens (primary N) is 2. The molecule has 0 saturated carbocycles. The SMILES string of the molecule is Nc1cc(-c2ccccc2)ccc1O.Nc1cc(Cl)ccc1O. The van der Waals surface area contributed by atoms with Gasteiger partial charge < -0.3 is 21.7 Å². The fourth-order valence-corrected chi connectivity index (χ4v) is 2.07. The first kappa shape index (κ1) is 16.5. The lowest BCUT2D eigenvalue weighted by Crippen LogP contribution is -1.86. The van der Waals surface area contributed by atoms with Gasteiger partial charge in [0.2, 0.25) is 0 Å². The van der Waals surface area contributed by atoms with E-state index in [4.69, 9.17) is 28.2 Å². The molecule has 0 spiro atoms. The second kappa shape index (κ2) is 7.42. The quantitative estimate of drug-likeness (QED) is 0.396. The van der Waals surface area contributed by atoms with Gasteiger partial charge in [0.25, 0.3) is 0 Å². The van der Waals surface area contributed by atoms with Crippen molar-refractivity contribution < 1.29 is 10.2 Å². The Morgan fingerprint density at radius 2 is 1.22 bits per heavy atom. The van der Waals surface area contributed by atoms with Crippen LogP contribution in [0.25, 0.3) is 11.1 Å². The summed E-state index contributed by atoms with van der Waals surface area (Å²) in [6, 6.07) is 19.7. The summed E-state index contributed by atoms with van der Waals surface area (Å²) in [5, 5.41) is 18.7. The second-order valence-electron chi connectivity index (χ2n) is 4.84. The molecule has 0 atom stereocenters. The predicted molar refractivity (Wildman–Crippen MR) is 95.5 cm³/mol. The van der Waals surface area contributed by atoms with E-state index in [1.165, 1.54) is 12.1 Å². The minimum atomic E-state index is 0.0689.